The molecule has 0 bridgehead atoms. The second kappa shape index (κ2) is 12.5. The molecule has 0 heterocycles. The second-order valence-corrected chi connectivity index (χ2v) is 7.92. The van der Waals surface area contributed by atoms with Gasteiger partial charge in [0.15, 0.2) is 0 Å². The molecule has 1 atom stereocenters. The van der Waals surface area contributed by atoms with Crippen LogP contribution in [0.1, 0.15) is 45.4 Å². The van der Waals surface area contributed by atoms with Crippen molar-refractivity contribution >= 4 is 7.82 Å². The summed E-state index contributed by atoms with van der Waals surface area (Å²) in [6.07, 6.45) is 6.24. The van der Waals surface area contributed by atoms with Crippen molar-refractivity contribution in [1.82, 2.24) is 0 Å². The van der Waals surface area contributed by atoms with Gasteiger partial charge in [-0.15, -0.1) is 0 Å². The molecule has 0 rings (SSSR count). The highest BCUT2D eigenvalue weighted by molar-refractivity contribution is 7.45. The van der Waals surface area contributed by atoms with Gasteiger partial charge in [0.1, 0.15) is 13.2 Å². The van der Waals surface area contributed by atoms with Crippen molar-refractivity contribution in [3.8, 4) is 0 Å². The first kappa shape index (κ1) is 22.0. The van der Waals surface area contributed by atoms with Gasteiger partial charge in [-0.3, -0.25) is 4.57 Å². The van der Waals surface area contributed by atoms with E-state index in [0.29, 0.717) is 24.1 Å². The molecule has 22 heavy (non-hydrogen) atoms. The van der Waals surface area contributed by atoms with Gasteiger partial charge in [0, 0.05) is 13.2 Å². The highest BCUT2D eigenvalue weighted by Gasteiger charge is 2.12. The molecule has 0 radical (unpaired) electrons. The van der Waals surface area contributed by atoms with E-state index in [2.05, 4.69) is 6.92 Å². The fraction of sp³-hybridized carbons (Fsp3) is 1.00. The Morgan fingerprint density at radius 2 is 1.41 bits per heavy atom. The largest absolute Gasteiger partial charge is 0.756 e. The Labute approximate surface area is 136 Å². The zero-order chi connectivity index (χ0) is 16.9. The first-order valence-corrected chi connectivity index (χ1v) is 9.71. The van der Waals surface area contributed by atoms with Gasteiger partial charge in [0.2, 0.25) is 0 Å². The SMILES string of the molecule is CCCCCCOCCCCOP(=O)([O-])OCC[N+](C)(C)C. The lowest BCUT2D eigenvalue weighted by Gasteiger charge is -2.27. The Bertz CT molecular complexity index is 307. The lowest BCUT2D eigenvalue weighted by molar-refractivity contribution is -0.870. The summed E-state index contributed by atoms with van der Waals surface area (Å²) >= 11 is 0. The van der Waals surface area contributed by atoms with Crippen molar-refractivity contribution in [3.05, 3.63) is 0 Å². The molecule has 0 amide bonds. The maximum Gasteiger partial charge on any atom is 0.268 e. The van der Waals surface area contributed by atoms with E-state index in [-0.39, 0.29) is 13.2 Å². The van der Waals surface area contributed by atoms with E-state index in [4.69, 9.17) is 13.8 Å². The minimum absolute atomic E-state index is 0.144. The molecule has 1 unspecified atom stereocenters. The van der Waals surface area contributed by atoms with Gasteiger partial charge in [0.05, 0.1) is 27.7 Å². The van der Waals surface area contributed by atoms with E-state index in [1.807, 2.05) is 21.1 Å². The topological polar surface area (TPSA) is 67.8 Å². The lowest BCUT2D eigenvalue weighted by Crippen LogP contribution is -2.37. The number of unbranched alkanes of at least 4 members (excludes halogenated alkanes) is 4. The summed E-state index contributed by atoms with van der Waals surface area (Å²) in [6, 6.07) is 0. The Kier molecular flexibility index (Phi) is 12.5. The fourth-order valence-electron chi connectivity index (χ4n) is 1.68. The minimum Gasteiger partial charge on any atom is -0.756 e. The molecule has 0 aromatic rings. The molecule has 0 saturated carbocycles. The van der Waals surface area contributed by atoms with Gasteiger partial charge < -0.3 is 23.2 Å². The summed E-state index contributed by atoms with van der Waals surface area (Å²) in [5, 5.41) is 0. The maximum atomic E-state index is 11.5. The van der Waals surface area contributed by atoms with Crippen molar-refractivity contribution < 1.29 is 27.7 Å². The van der Waals surface area contributed by atoms with Crippen molar-refractivity contribution in [2.75, 3.05) is 54.1 Å². The first-order chi connectivity index (χ1) is 10.3. The van der Waals surface area contributed by atoms with E-state index < -0.39 is 7.82 Å². The van der Waals surface area contributed by atoms with Gasteiger partial charge in [0.25, 0.3) is 7.82 Å². The van der Waals surface area contributed by atoms with Crippen LogP contribution in [0.25, 0.3) is 0 Å². The Morgan fingerprint density at radius 3 is 2.00 bits per heavy atom. The van der Waals surface area contributed by atoms with E-state index in [1.165, 1.54) is 19.3 Å². The number of ether oxygens (including phenoxy) is 1. The third-order valence-corrected chi connectivity index (χ3v) is 4.08. The summed E-state index contributed by atoms with van der Waals surface area (Å²) < 4.78 is 27.3. The molecule has 0 aliphatic heterocycles. The Hall–Kier alpha value is 0.0300. The quantitative estimate of drug-likeness (QED) is 0.261. The van der Waals surface area contributed by atoms with E-state index in [1.54, 1.807) is 0 Å². The number of phosphoric acid groups is 1. The number of hydrogen-bond donors (Lipinski definition) is 0. The molecule has 0 fully saturated rings. The van der Waals surface area contributed by atoms with Crippen LogP contribution in [0.2, 0.25) is 0 Å². The van der Waals surface area contributed by atoms with Crippen molar-refractivity contribution in [1.29, 1.82) is 0 Å². The summed E-state index contributed by atoms with van der Waals surface area (Å²) in [5.74, 6) is 0. The van der Waals surface area contributed by atoms with Gasteiger partial charge in [-0.2, -0.15) is 0 Å². The number of hydrogen-bond acceptors (Lipinski definition) is 5. The fourth-order valence-corrected chi connectivity index (χ4v) is 2.41. The molecular weight excluding hydrogens is 305 g/mol. The zero-order valence-electron chi connectivity index (χ0n) is 14.7. The van der Waals surface area contributed by atoms with E-state index >= 15 is 0 Å². The van der Waals surface area contributed by atoms with Crippen LogP contribution in [0.3, 0.4) is 0 Å². The molecule has 0 aliphatic rings. The maximum absolute atomic E-state index is 11.5. The number of rotatable bonds is 15. The molecule has 0 aliphatic carbocycles. The third-order valence-electron chi connectivity index (χ3n) is 3.09. The average Bonchev–Trinajstić information content (AvgIpc) is 2.39. The zero-order valence-corrected chi connectivity index (χ0v) is 15.6. The molecule has 0 aromatic carbocycles. The van der Waals surface area contributed by atoms with Crippen molar-refractivity contribution in [2.24, 2.45) is 0 Å². The van der Waals surface area contributed by atoms with Gasteiger partial charge in [-0.1, -0.05) is 26.2 Å². The highest BCUT2D eigenvalue weighted by Crippen LogP contribution is 2.38. The number of likely N-dealkylation sites (N-methyl/N-ethyl adjacent to an activating group) is 1. The highest BCUT2D eigenvalue weighted by atomic mass is 31.2. The monoisotopic (exact) mass is 339 g/mol. The summed E-state index contributed by atoms with van der Waals surface area (Å²) in [5.41, 5.74) is 0. The smallest absolute Gasteiger partial charge is 0.268 e. The predicted molar refractivity (Wildman–Crippen MR) is 86.6 cm³/mol. The predicted octanol–water partition coefficient (Wildman–Crippen LogP) is 2.57. The second-order valence-electron chi connectivity index (χ2n) is 6.51. The normalized spacial score (nSPS) is 15.0. The molecule has 0 aromatic heterocycles. The number of nitrogens with zero attached hydrogens (tertiary/aromatic N) is 1. The Balaban J connectivity index is 3.43. The summed E-state index contributed by atoms with van der Waals surface area (Å²) in [6.45, 7) is 4.54. The van der Waals surface area contributed by atoms with Crippen LogP contribution in [0.5, 0.6) is 0 Å². The molecule has 0 saturated heterocycles. The standard InChI is InChI=1S/C15H34NO5P/c1-5-6-7-8-12-19-13-9-10-14-20-22(17,18)21-15-11-16(2,3)4/h5-15H2,1-4H3. The van der Waals surface area contributed by atoms with Crippen LogP contribution in [0, 0.1) is 0 Å². The molecular formula is C15H34NO5P. The van der Waals surface area contributed by atoms with Crippen LogP contribution in [0.4, 0.5) is 0 Å². The van der Waals surface area contributed by atoms with Crippen LogP contribution in [-0.4, -0.2) is 58.6 Å². The van der Waals surface area contributed by atoms with Crippen LogP contribution >= 0.6 is 7.82 Å². The average molecular weight is 339 g/mol. The lowest BCUT2D eigenvalue weighted by atomic mass is 10.2. The summed E-state index contributed by atoms with van der Waals surface area (Å²) in [7, 11) is 1.77. The van der Waals surface area contributed by atoms with Gasteiger partial charge in [-0.25, -0.2) is 0 Å². The molecule has 0 spiro atoms. The third kappa shape index (κ3) is 16.4. The van der Waals surface area contributed by atoms with Gasteiger partial charge >= 0.3 is 0 Å². The molecule has 7 heteroatoms. The van der Waals surface area contributed by atoms with Crippen molar-refractivity contribution in [2.45, 2.75) is 45.4 Å². The molecule has 6 nitrogen and oxygen atoms in total. The molecule has 134 valence electrons. The van der Waals surface area contributed by atoms with Crippen LogP contribution < -0.4 is 4.89 Å². The number of phosphoric ester groups is 1. The van der Waals surface area contributed by atoms with E-state index in [0.717, 1.165) is 19.4 Å². The van der Waals surface area contributed by atoms with E-state index in [9.17, 15) is 9.46 Å². The summed E-state index contributed by atoms with van der Waals surface area (Å²) in [4.78, 5) is 11.5. The first-order valence-electron chi connectivity index (χ1n) is 8.25. The van der Waals surface area contributed by atoms with Crippen LogP contribution in [-0.2, 0) is 18.3 Å². The van der Waals surface area contributed by atoms with Crippen molar-refractivity contribution in [3.63, 3.8) is 0 Å². The Morgan fingerprint density at radius 1 is 0.864 bits per heavy atom. The van der Waals surface area contributed by atoms with Gasteiger partial charge in [-0.05, 0) is 19.3 Å². The minimum atomic E-state index is -4.15. The number of quaternary nitrogens is 1. The molecule has 0 N–H and O–H groups in total. The van der Waals surface area contributed by atoms with Crippen LogP contribution in [0.15, 0.2) is 0 Å².